The van der Waals surface area contributed by atoms with E-state index in [9.17, 15) is 5.11 Å². The Bertz CT molecular complexity index is 1420. The van der Waals surface area contributed by atoms with E-state index in [-0.39, 0.29) is 5.92 Å². The van der Waals surface area contributed by atoms with Crippen molar-refractivity contribution in [2.75, 3.05) is 5.32 Å². The Labute approximate surface area is 195 Å². The van der Waals surface area contributed by atoms with Crippen molar-refractivity contribution >= 4 is 16.6 Å². The van der Waals surface area contributed by atoms with Gasteiger partial charge in [-0.1, -0.05) is 37.1 Å². The monoisotopic (exact) mass is 435 g/mol. The first-order valence-corrected chi connectivity index (χ1v) is 11.4. The van der Waals surface area contributed by atoms with Crippen LogP contribution in [0.15, 0.2) is 54.9 Å². The summed E-state index contributed by atoms with van der Waals surface area (Å²) in [6.45, 7) is 10.4. The third-order valence-corrected chi connectivity index (χ3v) is 6.87. The summed E-state index contributed by atoms with van der Waals surface area (Å²) >= 11 is 0. The van der Waals surface area contributed by atoms with Gasteiger partial charge in [-0.05, 0) is 68.5 Å². The van der Waals surface area contributed by atoms with Gasteiger partial charge >= 0.3 is 0 Å². The van der Waals surface area contributed by atoms with E-state index in [1.165, 1.54) is 10.9 Å². The number of hydrogen-bond acceptors (Lipinski definition) is 3. The van der Waals surface area contributed by atoms with Crippen LogP contribution in [0.3, 0.4) is 0 Å². The van der Waals surface area contributed by atoms with Crippen molar-refractivity contribution in [1.82, 2.24) is 9.97 Å². The van der Waals surface area contributed by atoms with Gasteiger partial charge in [0, 0.05) is 46.1 Å². The van der Waals surface area contributed by atoms with Gasteiger partial charge < -0.3 is 15.4 Å². The molecule has 4 heteroatoms. The second-order valence-electron chi connectivity index (χ2n) is 9.65. The highest BCUT2D eigenvalue weighted by Gasteiger charge is 2.40. The van der Waals surface area contributed by atoms with Crippen LogP contribution < -0.4 is 5.32 Å². The Kier molecular flexibility index (Phi) is 5.03. The minimum absolute atomic E-state index is 0.0764. The molecule has 0 radical (unpaired) electrons. The number of pyridine rings is 1. The van der Waals surface area contributed by atoms with Gasteiger partial charge in [-0.3, -0.25) is 0 Å². The summed E-state index contributed by atoms with van der Waals surface area (Å²) in [5.74, 6) is 6.65. The number of aliphatic hydroxyl groups is 1. The van der Waals surface area contributed by atoms with Gasteiger partial charge in [0.25, 0.3) is 0 Å². The molecule has 0 spiro atoms. The van der Waals surface area contributed by atoms with Crippen LogP contribution >= 0.6 is 0 Å². The van der Waals surface area contributed by atoms with E-state index < -0.39 is 11.6 Å². The van der Waals surface area contributed by atoms with Gasteiger partial charge in [0.1, 0.15) is 5.69 Å². The minimum Gasteiger partial charge on any atom is -0.390 e. The molecule has 0 fully saturated rings. The van der Waals surface area contributed by atoms with Crippen LogP contribution in [0.2, 0.25) is 0 Å². The quantitative estimate of drug-likeness (QED) is 0.326. The lowest BCUT2D eigenvalue weighted by atomic mass is 9.75. The molecule has 2 aromatic carbocycles. The first-order chi connectivity index (χ1) is 15.8. The molecular formula is C29H29N3O. The Morgan fingerprint density at radius 1 is 1.00 bits per heavy atom. The average molecular weight is 436 g/mol. The number of hydrogen-bond donors (Lipinski definition) is 3. The smallest absolute Gasteiger partial charge is 0.113 e. The first-order valence-electron chi connectivity index (χ1n) is 11.4. The average Bonchev–Trinajstić information content (AvgIpc) is 3.19. The molecule has 166 valence electrons. The lowest BCUT2D eigenvalue weighted by Gasteiger charge is -2.43. The Morgan fingerprint density at radius 3 is 2.58 bits per heavy atom. The number of benzene rings is 2. The molecule has 2 atom stereocenters. The Hall–Kier alpha value is -3.55. The van der Waals surface area contributed by atoms with Crippen molar-refractivity contribution in [3.63, 3.8) is 0 Å². The topological polar surface area (TPSA) is 60.9 Å². The molecule has 1 aliphatic heterocycles. The van der Waals surface area contributed by atoms with Crippen molar-refractivity contribution in [1.29, 1.82) is 0 Å². The molecule has 33 heavy (non-hydrogen) atoms. The molecular weight excluding hydrogens is 406 g/mol. The van der Waals surface area contributed by atoms with Crippen molar-refractivity contribution in [3.05, 3.63) is 82.8 Å². The number of rotatable bonds is 1. The van der Waals surface area contributed by atoms with Crippen molar-refractivity contribution in [3.8, 4) is 23.0 Å². The normalized spacial score (nSPS) is 18.8. The van der Waals surface area contributed by atoms with Crippen LogP contribution in [0, 0.1) is 25.7 Å². The maximum atomic E-state index is 11.2. The molecule has 1 unspecified atom stereocenters. The molecule has 4 aromatic rings. The Morgan fingerprint density at radius 2 is 1.82 bits per heavy atom. The minimum atomic E-state index is -0.543. The lowest BCUT2D eigenvalue weighted by Crippen LogP contribution is -2.50. The number of aromatic amines is 1. The number of aliphatic hydroxyl groups excluding tert-OH is 1. The maximum absolute atomic E-state index is 11.2. The van der Waals surface area contributed by atoms with Crippen LogP contribution in [-0.2, 0) is 0 Å². The van der Waals surface area contributed by atoms with Crippen molar-refractivity contribution in [2.45, 2.75) is 52.2 Å². The molecule has 3 N–H and O–H groups in total. The molecule has 4 nitrogen and oxygen atoms in total. The van der Waals surface area contributed by atoms with E-state index in [0.29, 0.717) is 0 Å². The number of nitrogens with one attached hydrogen (secondary N) is 2. The van der Waals surface area contributed by atoms with Gasteiger partial charge in [0.15, 0.2) is 0 Å². The van der Waals surface area contributed by atoms with Gasteiger partial charge in [-0.2, -0.15) is 0 Å². The number of anilines is 1. The van der Waals surface area contributed by atoms with E-state index >= 15 is 0 Å². The standard InChI is InChI=1S/C29H29N3O/c1-17-15-24(23-11-8-10-21-18(2)16-31-27(21)23)22(13-12-20-9-6-7-14-30-20)25-19(3)28(33)29(4,5)32-26(17)25/h6-11,14-16,19,28,31-33H,1-5H3/t19-,28?/m0/s1. The van der Waals surface area contributed by atoms with E-state index in [4.69, 9.17) is 0 Å². The summed E-state index contributed by atoms with van der Waals surface area (Å²) in [7, 11) is 0. The Balaban J connectivity index is 1.83. The number of H-pyrrole nitrogens is 1. The zero-order chi connectivity index (χ0) is 23.3. The van der Waals surface area contributed by atoms with Crippen molar-refractivity contribution < 1.29 is 5.11 Å². The lowest BCUT2D eigenvalue weighted by molar-refractivity contribution is 0.0868. The highest BCUT2D eigenvalue weighted by molar-refractivity contribution is 5.98. The van der Waals surface area contributed by atoms with Gasteiger partial charge in [0.2, 0.25) is 0 Å². The number of para-hydroxylation sites is 1. The first kappa shape index (κ1) is 21.3. The summed E-state index contributed by atoms with van der Waals surface area (Å²) < 4.78 is 0. The highest BCUT2D eigenvalue weighted by Crippen LogP contribution is 2.46. The fraction of sp³-hybridized carbons (Fsp3) is 0.276. The zero-order valence-electron chi connectivity index (χ0n) is 19.7. The molecule has 1 aliphatic rings. The molecule has 0 saturated carbocycles. The van der Waals surface area contributed by atoms with Gasteiger partial charge in [-0.25, -0.2) is 4.98 Å². The van der Waals surface area contributed by atoms with Crippen LogP contribution in [0.5, 0.6) is 0 Å². The predicted molar refractivity (Wildman–Crippen MR) is 136 cm³/mol. The largest absolute Gasteiger partial charge is 0.390 e. The third kappa shape index (κ3) is 3.50. The molecule has 0 saturated heterocycles. The summed E-state index contributed by atoms with van der Waals surface area (Å²) in [6, 6.07) is 14.4. The molecule has 3 heterocycles. The van der Waals surface area contributed by atoms with E-state index in [2.05, 4.69) is 78.4 Å². The van der Waals surface area contributed by atoms with Crippen LogP contribution in [0.1, 0.15) is 54.6 Å². The molecule has 0 bridgehead atoms. The fourth-order valence-electron chi connectivity index (χ4n) is 5.07. The van der Waals surface area contributed by atoms with E-state index in [1.807, 2.05) is 32.0 Å². The van der Waals surface area contributed by atoms with E-state index in [1.54, 1.807) is 6.20 Å². The molecule has 0 aliphatic carbocycles. The fourth-order valence-corrected chi connectivity index (χ4v) is 5.07. The van der Waals surface area contributed by atoms with Gasteiger partial charge in [0.05, 0.1) is 17.2 Å². The maximum Gasteiger partial charge on any atom is 0.113 e. The highest BCUT2D eigenvalue weighted by atomic mass is 16.3. The summed E-state index contributed by atoms with van der Waals surface area (Å²) in [5.41, 5.74) is 9.03. The van der Waals surface area contributed by atoms with Crippen LogP contribution in [-0.4, -0.2) is 26.7 Å². The second kappa shape index (κ2) is 7.79. The second-order valence-corrected chi connectivity index (χ2v) is 9.65. The number of aromatic nitrogens is 2. The molecule has 5 rings (SSSR count). The third-order valence-electron chi connectivity index (χ3n) is 6.87. The predicted octanol–water partition coefficient (Wildman–Crippen LogP) is 5.92. The summed E-state index contributed by atoms with van der Waals surface area (Å²) in [6.07, 6.45) is 3.27. The summed E-state index contributed by atoms with van der Waals surface area (Å²) in [5, 5.41) is 16.0. The van der Waals surface area contributed by atoms with E-state index in [0.717, 1.165) is 44.7 Å². The van der Waals surface area contributed by atoms with Crippen LogP contribution in [0.4, 0.5) is 5.69 Å². The SMILES string of the molecule is Cc1cc(-c2cccc3c(C)c[nH]c23)c(C#Cc2ccccn2)c2c1NC(C)(C)C(O)[C@H]2C. The van der Waals surface area contributed by atoms with Crippen molar-refractivity contribution in [2.24, 2.45) is 0 Å². The summed E-state index contributed by atoms with van der Waals surface area (Å²) in [4.78, 5) is 7.85. The molecule has 2 aromatic heterocycles. The number of nitrogens with zero attached hydrogens (tertiary/aromatic N) is 1. The zero-order valence-corrected chi connectivity index (χ0v) is 19.7. The number of fused-ring (bicyclic) bond motifs is 2. The molecule has 0 amide bonds. The van der Waals surface area contributed by atoms with Gasteiger partial charge in [-0.15, -0.1) is 0 Å². The van der Waals surface area contributed by atoms with Crippen LogP contribution in [0.25, 0.3) is 22.0 Å². The number of aryl methyl sites for hydroxylation is 2.